The highest BCUT2D eigenvalue weighted by atomic mass is 16.2. The summed E-state index contributed by atoms with van der Waals surface area (Å²) in [5.41, 5.74) is 0.252. The summed E-state index contributed by atoms with van der Waals surface area (Å²) in [6.07, 6.45) is 1.74. The van der Waals surface area contributed by atoms with Gasteiger partial charge in [0.1, 0.15) is 5.69 Å². The molecule has 104 valence electrons. The number of hydrogen-bond donors (Lipinski definition) is 1. The third kappa shape index (κ3) is 2.97. The summed E-state index contributed by atoms with van der Waals surface area (Å²) in [6, 6.07) is 3.58. The van der Waals surface area contributed by atoms with Crippen LogP contribution in [-0.4, -0.2) is 52.8 Å². The molecule has 0 radical (unpaired) electrons. The van der Waals surface area contributed by atoms with E-state index in [-0.39, 0.29) is 17.2 Å². The Balaban J connectivity index is 1.93. The van der Waals surface area contributed by atoms with E-state index in [0.29, 0.717) is 31.9 Å². The van der Waals surface area contributed by atoms with Gasteiger partial charge in [-0.25, -0.2) is 0 Å². The van der Waals surface area contributed by atoms with Crippen molar-refractivity contribution in [2.24, 2.45) is 5.41 Å². The number of aromatic nitrogens is 1. The van der Waals surface area contributed by atoms with E-state index in [4.69, 9.17) is 0 Å². The first-order valence-electron chi connectivity index (χ1n) is 6.61. The first-order valence-corrected chi connectivity index (χ1v) is 6.61. The second kappa shape index (κ2) is 5.07. The zero-order valence-electron chi connectivity index (χ0n) is 11.8. The number of hydrogen-bond acceptors (Lipinski definition) is 2. The molecule has 1 fully saturated rings. The number of carbonyl (C=O) groups excluding carboxylic acids is 2. The van der Waals surface area contributed by atoms with E-state index in [1.807, 2.05) is 31.7 Å². The summed E-state index contributed by atoms with van der Waals surface area (Å²) in [5, 5.41) is 0. The van der Waals surface area contributed by atoms with Gasteiger partial charge in [-0.15, -0.1) is 0 Å². The lowest BCUT2D eigenvalue weighted by molar-refractivity contribution is -0.140. The van der Waals surface area contributed by atoms with Gasteiger partial charge in [0.2, 0.25) is 5.91 Å². The zero-order chi connectivity index (χ0) is 14.0. The van der Waals surface area contributed by atoms with E-state index in [2.05, 4.69) is 4.98 Å². The lowest BCUT2D eigenvalue weighted by Gasteiger charge is -2.37. The van der Waals surface area contributed by atoms with Gasteiger partial charge in [-0.1, -0.05) is 20.8 Å². The van der Waals surface area contributed by atoms with Crippen LogP contribution in [0.1, 0.15) is 31.3 Å². The largest absolute Gasteiger partial charge is 0.357 e. The molecule has 5 nitrogen and oxygen atoms in total. The number of nitrogens with one attached hydrogen (secondary N) is 1. The summed E-state index contributed by atoms with van der Waals surface area (Å²) in [4.78, 5) is 30.8. The van der Waals surface area contributed by atoms with Crippen molar-refractivity contribution in [2.75, 3.05) is 26.2 Å². The molecule has 19 heavy (non-hydrogen) atoms. The second-order valence-electron chi connectivity index (χ2n) is 5.92. The van der Waals surface area contributed by atoms with Gasteiger partial charge in [-0.3, -0.25) is 9.59 Å². The average Bonchev–Trinajstić information content (AvgIpc) is 2.90. The molecule has 1 aromatic heterocycles. The summed E-state index contributed by atoms with van der Waals surface area (Å²) >= 11 is 0. The summed E-state index contributed by atoms with van der Waals surface area (Å²) in [5.74, 6) is 0.160. The van der Waals surface area contributed by atoms with E-state index < -0.39 is 0 Å². The normalized spacial score (nSPS) is 16.6. The van der Waals surface area contributed by atoms with Gasteiger partial charge >= 0.3 is 0 Å². The van der Waals surface area contributed by atoms with Gasteiger partial charge in [0.05, 0.1) is 0 Å². The Bertz CT molecular complexity index is 452. The smallest absolute Gasteiger partial charge is 0.270 e. The number of amides is 2. The van der Waals surface area contributed by atoms with Crippen LogP contribution in [0.5, 0.6) is 0 Å². The van der Waals surface area contributed by atoms with Crippen molar-refractivity contribution in [1.29, 1.82) is 0 Å². The fourth-order valence-corrected chi connectivity index (χ4v) is 2.22. The first-order chi connectivity index (χ1) is 8.89. The molecule has 2 amide bonds. The van der Waals surface area contributed by atoms with Crippen LogP contribution in [0.25, 0.3) is 0 Å². The third-order valence-corrected chi connectivity index (χ3v) is 3.32. The maximum Gasteiger partial charge on any atom is 0.270 e. The number of aromatic amines is 1. The molecule has 1 aliphatic heterocycles. The molecule has 0 aromatic carbocycles. The molecule has 1 N–H and O–H groups in total. The molecule has 0 aliphatic carbocycles. The molecule has 1 aliphatic rings. The Hall–Kier alpha value is -1.78. The Labute approximate surface area is 113 Å². The second-order valence-corrected chi connectivity index (χ2v) is 5.92. The summed E-state index contributed by atoms with van der Waals surface area (Å²) in [7, 11) is 0. The lowest BCUT2D eigenvalue weighted by atomic mass is 9.94. The van der Waals surface area contributed by atoms with Crippen LogP contribution in [0.4, 0.5) is 0 Å². The van der Waals surface area contributed by atoms with Gasteiger partial charge in [0, 0.05) is 37.8 Å². The maximum absolute atomic E-state index is 12.1. The number of H-pyrrole nitrogens is 1. The standard InChI is InChI=1S/C14H21N3O2/c1-14(2,3)13(19)17-9-7-16(8-10-17)12(18)11-5-4-6-15-11/h4-6,15H,7-10H2,1-3H3. The minimum absolute atomic E-state index is 0.00728. The number of rotatable bonds is 1. The number of carbonyl (C=O) groups is 2. The van der Waals surface area contributed by atoms with Crippen molar-refractivity contribution in [3.05, 3.63) is 24.0 Å². The Morgan fingerprint density at radius 2 is 1.68 bits per heavy atom. The van der Waals surface area contributed by atoms with Gasteiger partial charge in [-0.05, 0) is 12.1 Å². The minimum atomic E-state index is -0.356. The third-order valence-electron chi connectivity index (χ3n) is 3.32. The molecule has 0 bridgehead atoms. The molecule has 0 atom stereocenters. The highest BCUT2D eigenvalue weighted by Crippen LogP contribution is 2.19. The van der Waals surface area contributed by atoms with Crippen molar-refractivity contribution in [3.8, 4) is 0 Å². The summed E-state index contributed by atoms with van der Waals surface area (Å²) < 4.78 is 0. The first kappa shape index (κ1) is 13.6. The fourth-order valence-electron chi connectivity index (χ4n) is 2.22. The SMILES string of the molecule is CC(C)(C)C(=O)N1CCN(C(=O)c2ccc[nH]2)CC1. The van der Waals surface area contributed by atoms with E-state index in [1.54, 1.807) is 17.2 Å². The molecule has 5 heteroatoms. The van der Waals surface area contributed by atoms with Crippen LogP contribution < -0.4 is 0 Å². The molecular weight excluding hydrogens is 242 g/mol. The molecule has 1 saturated heterocycles. The Morgan fingerprint density at radius 3 is 2.16 bits per heavy atom. The topological polar surface area (TPSA) is 56.4 Å². The number of piperazine rings is 1. The van der Waals surface area contributed by atoms with Gasteiger partial charge in [0.25, 0.3) is 5.91 Å². The number of nitrogens with zero attached hydrogens (tertiary/aromatic N) is 2. The van der Waals surface area contributed by atoms with E-state index in [1.165, 1.54) is 0 Å². The van der Waals surface area contributed by atoms with E-state index in [9.17, 15) is 9.59 Å². The van der Waals surface area contributed by atoms with Crippen LogP contribution in [0, 0.1) is 5.41 Å². The van der Waals surface area contributed by atoms with Gasteiger partial charge in [0.15, 0.2) is 0 Å². The Morgan fingerprint density at radius 1 is 1.11 bits per heavy atom. The van der Waals surface area contributed by atoms with Gasteiger partial charge in [-0.2, -0.15) is 0 Å². The van der Waals surface area contributed by atoms with E-state index in [0.717, 1.165) is 0 Å². The predicted molar refractivity (Wildman–Crippen MR) is 72.7 cm³/mol. The van der Waals surface area contributed by atoms with Crippen LogP contribution in [0.15, 0.2) is 18.3 Å². The quantitative estimate of drug-likeness (QED) is 0.831. The molecule has 2 rings (SSSR count). The maximum atomic E-state index is 12.1. The molecular formula is C14H21N3O2. The predicted octanol–water partition coefficient (Wildman–Crippen LogP) is 1.35. The lowest BCUT2D eigenvalue weighted by Crippen LogP contribution is -2.53. The molecule has 0 spiro atoms. The van der Waals surface area contributed by atoms with Crippen molar-refractivity contribution >= 4 is 11.8 Å². The van der Waals surface area contributed by atoms with Gasteiger partial charge < -0.3 is 14.8 Å². The average molecular weight is 263 g/mol. The van der Waals surface area contributed by atoms with Crippen molar-refractivity contribution in [3.63, 3.8) is 0 Å². The van der Waals surface area contributed by atoms with Crippen LogP contribution in [0.3, 0.4) is 0 Å². The highest BCUT2D eigenvalue weighted by Gasteiger charge is 2.31. The van der Waals surface area contributed by atoms with Crippen molar-refractivity contribution < 1.29 is 9.59 Å². The molecule has 0 unspecified atom stereocenters. The Kier molecular flexibility index (Phi) is 3.64. The van der Waals surface area contributed by atoms with E-state index >= 15 is 0 Å². The summed E-state index contributed by atoms with van der Waals surface area (Å²) in [6.45, 7) is 8.19. The van der Waals surface area contributed by atoms with Crippen molar-refractivity contribution in [1.82, 2.24) is 14.8 Å². The fraction of sp³-hybridized carbons (Fsp3) is 0.571. The molecule has 1 aromatic rings. The monoisotopic (exact) mass is 263 g/mol. The van der Waals surface area contributed by atoms with Crippen molar-refractivity contribution in [2.45, 2.75) is 20.8 Å². The molecule has 0 saturated carbocycles. The van der Waals surface area contributed by atoms with Crippen LogP contribution in [-0.2, 0) is 4.79 Å². The zero-order valence-corrected chi connectivity index (χ0v) is 11.8. The minimum Gasteiger partial charge on any atom is -0.357 e. The molecule has 2 heterocycles. The van der Waals surface area contributed by atoms with Crippen LogP contribution in [0.2, 0.25) is 0 Å². The van der Waals surface area contributed by atoms with Crippen LogP contribution >= 0.6 is 0 Å². The highest BCUT2D eigenvalue weighted by molar-refractivity contribution is 5.92.